The van der Waals surface area contributed by atoms with Gasteiger partial charge in [-0.2, -0.15) is 0 Å². The van der Waals surface area contributed by atoms with Crippen LogP contribution in [0, 0.1) is 0 Å². The standard InChI is InChI=1S/C14H18BrN3/c1-14(7-3-4-8-16-14)13-17-11-9-10(15)5-6-12(11)18(13)2/h5-6,9,16H,3-4,7-8H2,1-2H3. The summed E-state index contributed by atoms with van der Waals surface area (Å²) in [6.45, 7) is 3.35. The Labute approximate surface area is 116 Å². The first-order chi connectivity index (χ1) is 8.60. The molecule has 1 fully saturated rings. The molecule has 0 aliphatic carbocycles. The van der Waals surface area contributed by atoms with Crippen LogP contribution in [-0.2, 0) is 12.6 Å². The molecule has 1 N–H and O–H groups in total. The molecule has 4 heteroatoms. The van der Waals surface area contributed by atoms with Crippen LogP contribution in [0.3, 0.4) is 0 Å². The van der Waals surface area contributed by atoms with Gasteiger partial charge in [0.2, 0.25) is 0 Å². The maximum absolute atomic E-state index is 4.84. The number of fused-ring (bicyclic) bond motifs is 1. The van der Waals surface area contributed by atoms with Gasteiger partial charge in [-0.15, -0.1) is 0 Å². The van der Waals surface area contributed by atoms with Gasteiger partial charge in [0.15, 0.2) is 0 Å². The van der Waals surface area contributed by atoms with Crippen molar-refractivity contribution in [2.75, 3.05) is 6.54 Å². The number of nitrogens with one attached hydrogen (secondary N) is 1. The van der Waals surface area contributed by atoms with E-state index in [4.69, 9.17) is 4.98 Å². The molecule has 1 aromatic carbocycles. The third-order valence-corrected chi connectivity index (χ3v) is 4.45. The van der Waals surface area contributed by atoms with Crippen LogP contribution in [0.5, 0.6) is 0 Å². The number of rotatable bonds is 1. The fourth-order valence-corrected chi connectivity index (χ4v) is 3.26. The van der Waals surface area contributed by atoms with Crippen molar-refractivity contribution < 1.29 is 0 Å². The van der Waals surface area contributed by atoms with E-state index in [1.165, 1.54) is 18.4 Å². The lowest BCUT2D eigenvalue weighted by atomic mass is 9.90. The predicted octanol–water partition coefficient (Wildman–Crippen LogP) is 3.32. The summed E-state index contributed by atoms with van der Waals surface area (Å²) >= 11 is 3.51. The van der Waals surface area contributed by atoms with Gasteiger partial charge in [0.25, 0.3) is 0 Å². The van der Waals surface area contributed by atoms with Crippen molar-refractivity contribution in [1.82, 2.24) is 14.9 Å². The van der Waals surface area contributed by atoms with Crippen LogP contribution in [-0.4, -0.2) is 16.1 Å². The lowest BCUT2D eigenvalue weighted by molar-refractivity contribution is 0.264. The minimum Gasteiger partial charge on any atom is -0.330 e. The minimum atomic E-state index is 0.0124. The van der Waals surface area contributed by atoms with Crippen molar-refractivity contribution in [3.8, 4) is 0 Å². The van der Waals surface area contributed by atoms with Crippen molar-refractivity contribution in [3.63, 3.8) is 0 Å². The predicted molar refractivity (Wildman–Crippen MR) is 77.6 cm³/mol. The second kappa shape index (κ2) is 4.35. The first kappa shape index (κ1) is 12.2. The summed E-state index contributed by atoms with van der Waals surface area (Å²) in [6, 6.07) is 6.29. The number of hydrogen-bond donors (Lipinski definition) is 1. The first-order valence-electron chi connectivity index (χ1n) is 6.48. The van der Waals surface area contributed by atoms with Gasteiger partial charge in [0.1, 0.15) is 5.82 Å². The molecule has 1 atom stereocenters. The smallest absolute Gasteiger partial charge is 0.129 e. The fourth-order valence-electron chi connectivity index (χ4n) is 2.91. The summed E-state index contributed by atoms with van der Waals surface area (Å²) < 4.78 is 3.31. The topological polar surface area (TPSA) is 29.9 Å². The molecule has 1 unspecified atom stereocenters. The third kappa shape index (κ3) is 1.88. The highest BCUT2D eigenvalue weighted by Gasteiger charge is 2.32. The van der Waals surface area contributed by atoms with Crippen molar-refractivity contribution >= 4 is 27.0 Å². The van der Waals surface area contributed by atoms with Gasteiger partial charge in [-0.25, -0.2) is 4.98 Å². The molecule has 1 aliphatic heterocycles. The number of halogens is 1. The number of imidazole rings is 1. The van der Waals surface area contributed by atoms with Gasteiger partial charge >= 0.3 is 0 Å². The van der Waals surface area contributed by atoms with Crippen molar-refractivity contribution in [2.45, 2.75) is 31.7 Å². The van der Waals surface area contributed by atoms with Crippen LogP contribution in [0.15, 0.2) is 22.7 Å². The molecule has 0 amide bonds. The molecule has 96 valence electrons. The summed E-state index contributed by atoms with van der Waals surface area (Å²) in [6.07, 6.45) is 3.70. The lowest BCUT2D eigenvalue weighted by Crippen LogP contribution is -2.45. The molecule has 1 saturated heterocycles. The molecule has 1 aromatic heterocycles. The van der Waals surface area contributed by atoms with E-state index in [0.29, 0.717) is 0 Å². The average Bonchev–Trinajstić information content (AvgIpc) is 2.68. The fraction of sp³-hybridized carbons (Fsp3) is 0.500. The van der Waals surface area contributed by atoms with Gasteiger partial charge in [-0.1, -0.05) is 15.9 Å². The molecule has 3 rings (SSSR count). The van der Waals surface area contributed by atoms with Crippen LogP contribution in [0.25, 0.3) is 11.0 Å². The quantitative estimate of drug-likeness (QED) is 0.876. The van der Waals surface area contributed by atoms with E-state index in [1.54, 1.807) is 0 Å². The SMILES string of the molecule is Cn1c(C2(C)CCCCN2)nc2cc(Br)ccc21. The van der Waals surface area contributed by atoms with E-state index in [2.05, 4.69) is 58.0 Å². The molecule has 0 spiro atoms. The molecular formula is C14H18BrN3. The van der Waals surface area contributed by atoms with Gasteiger partial charge in [-0.3, -0.25) is 0 Å². The molecule has 0 saturated carbocycles. The summed E-state index contributed by atoms with van der Waals surface area (Å²) in [5.41, 5.74) is 2.27. The minimum absolute atomic E-state index is 0.0124. The molecule has 2 aromatic rings. The van der Waals surface area contributed by atoms with Crippen molar-refractivity contribution in [3.05, 3.63) is 28.5 Å². The second-order valence-corrected chi connectivity index (χ2v) is 6.26. The summed E-state index contributed by atoms with van der Waals surface area (Å²) in [4.78, 5) is 4.84. The summed E-state index contributed by atoms with van der Waals surface area (Å²) in [5.74, 6) is 1.15. The van der Waals surface area contributed by atoms with Gasteiger partial charge < -0.3 is 9.88 Å². The Bertz CT molecular complexity index is 582. The number of nitrogens with zero attached hydrogens (tertiary/aromatic N) is 2. The van der Waals surface area contributed by atoms with Gasteiger partial charge in [0.05, 0.1) is 16.6 Å². The first-order valence-corrected chi connectivity index (χ1v) is 7.27. The zero-order valence-electron chi connectivity index (χ0n) is 10.8. The summed E-state index contributed by atoms with van der Waals surface area (Å²) in [7, 11) is 2.11. The van der Waals surface area contributed by atoms with Crippen LogP contribution < -0.4 is 5.32 Å². The van der Waals surface area contributed by atoms with Crippen LogP contribution >= 0.6 is 15.9 Å². The van der Waals surface area contributed by atoms with Gasteiger partial charge in [0, 0.05) is 11.5 Å². The molecule has 1 aliphatic rings. The van der Waals surface area contributed by atoms with E-state index < -0.39 is 0 Å². The molecule has 0 radical (unpaired) electrons. The highest BCUT2D eigenvalue weighted by atomic mass is 79.9. The normalized spacial score (nSPS) is 24.6. The van der Waals surface area contributed by atoms with E-state index in [9.17, 15) is 0 Å². The van der Waals surface area contributed by atoms with E-state index in [0.717, 1.165) is 28.8 Å². The Morgan fingerprint density at radius 3 is 2.94 bits per heavy atom. The monoisotopic (exact) mass is 307 g/mol. The van der Waals surface area contributed by atoms with Crippen molar-refractivity contribution in [1.29, 1.82) is 0 Å². The van der Waals surface area contributed by atoms with E-state index in [-0.39, 0.29) is 5.54 Å². The number of hydrogen-bond acceptors (Lipinski definition) is 2. The second-order valence-electron chi connectivity index (χ2n) is 5.34. The molecule has 2 heterocycles. The Morgan fingerprint density at radius 2 is 2.22 bits per heavy atom. The third-order valence-electron chi connectivity index (χ3n) is 3.96. The molecule has 3 nitrogen and oxygen atoms in total. The van der Waals surface area contributed by atoms with Crippen LogP contribution in [0.4, 0.5) is 0 Å². The molecule has 0 bridgehead atoms. The highest BCUT2D eigenvalue weighted by Crippen LogP contribution is 2.31. The number of piperidine rings is 1. The zero-order chi connectivity index (χ0) is 12.8. The maximum Gasteiger partial charge on any atom is 0.129 e. The molecular weight excluding hydrogens is 290 g/mol. The van der Waals surface area contributed by atoms with Crippen molar-refractivity contribution in [2.24, 2.45) is 7.05 Å². The maximum atomic E-state index is 4.84. The average molecular weight is 308 g/mol. The largest absolute Gasteiger partial charge is 0.330 e. The number of benzene rings is 1. The Kier molecular flexibility index (Phi) is 2.94. The van der Waals surface area contributed by atoms with Gasteiger partial charge in [-0.05, 0) is 50.9 Å². The number of aromatic nitrogens is 2. The van der Waals surface area contributed by atoms with E-state index >= 15 is 0 Å². The molecule has 18 heavy (non-hydrogen) atoms. The van der Waals surface area contributed by atoms with Crippen LogP contribution in [0.1, 0.15) is 32.0 Å². The number of aryl methyl sites for hydroxylation is 1. The summed E-state index contributed by atoms with van der Waals surface area (Å²) in [5, 5.41) is 3.63. The van der Waals surface area contributed by atoms with Crippen LogP contribution in [0.2, 0.25) is 0 Å². The Morgan fingerprint density at radius 1 is 1.39 bits per heavy atom. The Balaban J connectivity index is 2.14. The lowest BCUT2D eigenvalue weighted by Gasteiger charge is -2.34. The Hall–Kier alpha value is -0.870. The van der Waals surface area contributed by atoms with E-state index in [1.807, 2.05) is 0 Å². The highest BCUT2D eigenvalue weighted by molar-refractivity contribution is 9.10. The zero-order valence-corrected chi connectivity index (χ0v) is 12.4.